The number of pyridine rings is 1. The second-order valence-electron chi connectivity index (χ2n) is 8.20. The predicted molar refractivity (Wildman–Crippen MR) is 114 cm³/mol. The van der Waals surface area contributed by atoms with Crippen molar-refractivity contribution in [2.45, 2.75) is 45.7 Å². The van der Waals surface area contributed by atoms with Crippen LogP contribution in [0, 0.1) is 12.8 Å². The van der Waals surface area contributed by atoms with Crippen molar-refractivity contribution in [3.8, 4) is 0 Å². The van der Waals surface area contributed by atoms with Crippen molar-refractivity contribution in [2.24, 2.45) is 5.92 Å². The number of alkyl halides is 3. The average molecular weight is 449 g/mol. The van der Waals surface area contributed by atoms with E-state index in [1.807, 2.05) is 13.8 Å². The Morgan fingerprint density at radius 3 is 2.72 bits per heavy atom. The third kappa shape index (κ3) is 5.57. The zero-order valence-corrected chi connectivity index (χ0v) is 18.2. The lowest BCUT2D eigenvalue weighted by molar-refractivity contribution is -0.149. The standard InChI is InChI=1S/C23H26F3N3O3/c1-13(2)16-10-20(29-19-6-4-5-18(14(19)3)23(24,25)26)27-12-17(16)22(31)28-11-15-7-8-32-21(30)9-15/h4-6,10,12-13,15H,7-9,11H2,1-3H3,(H,27,29)(H,28,31). The molecule has 1 aromatic carbocycles. The Kier molecular flexibility index (Phi) is 7.06. The van der Waals surface area contributed by atoms with Crippen LogP contribution in [0.4, 0.5) is 24.7 Å². The molecular formula is C23H26F3N3O3. The number of carbonyl (C=O) groups is 2. The van der Waals surface area contributed by atoms with Crippen molar-refractivity contribution in [1.29, 1.82) is 0 Å². The largest absolute Gasteiger partial charge is 0.466 e. The summed E-state index contributed by atoms with van der Waals surface area (Å²) in [5.41, 5.74) is 0.760. The van der Waals surface area contributed by atoms with Crippen molar-refractivity contribution in [3.05, 3.63) is 52.7 Å². The Hall–Kier alpha value is -3.10. The van der Waals surface area contributed by atoms with Crippen LogP contribution < -0.4 is 10.6 Å². The first-order chi connectivity index (χ1) is 15.1. The molecule has 32 heavy (non-hydrogen) atoms. The number of carbonyl (C=O) groups excluding carboxylic acids is 2. The van der Waals surface area contributed by atoms with E-state index in [1.54, 1.807) is 12.1 Å². The van der Waals surface area contributed by atoms with Crippen LogP contribution in [0.15, 0.2) is 30.5 Å². The fourth-order valence-corrected chi connectivity index (χ4v) is 3.67. The molecule has 1 amide bonds. The Balaban J connectivity index is 1.78. The van der Waals surface area contributed by atoms with Gasteiger partial charge in [-0.25, -0.2) is 4.98 Å². The van der Waals surface area contributed by atoms with E-state index < -0.39 is 11.7 Å². The fraction of sp³-hybridized carbons (Fsp3) is 0.435. The van der Waals surface area contributed by atoms with Crippen LogP contribution in [0.2, 0.25) is 0 Å². The number of cyclic esters (lactones) is 1. The number of amides is 1. The topological polar surface area (TPSA) is 80.3 Å². The number of rotatable bonds is 6. The van der Waals surface area contributed by atoms with E-state index in [2.05, 4.69) is 15.6 Å². The minimum Gasteiger partial charge on any atom is -0.466 e. The summed E-state index contributed by atoms with van der Waals surface area (Å²) in [4.78, 5) is 28.4. The molecule has 1 aliphatic heterocycles. The molecular weight excluding hydrogens is 423 g/mol. The molecule has 0 spiro atoms. The van der Waals surface area contributed by atoms with Crippen LogP contribution in [-0.2, 0) is 15.7 Å². The highest BCUT2D eigenvalue weighted by molar-refractivity contribution is 5.96. The predicted octanol–water partition coefficient (Wildman–Crippen LogP) is 4.96. The van der Waals surface area contributed by atoms with E-state index in [0.29, 0.717) is 42.2 Å². The summed E-state index contributed by atoms with van der Waals surface area (Å²) in [6.07, 6.45) is -2.06. The number of hydrogen-bond donors (Lipinski definition) is 2. The number of aromatic nitrogens is 1. The van der Waals surface area contributed by atoms with Crippen LogP contribution in [0.25, 0.3) is 0 Å². The summed E-state index contributed by atoms with van der Waals surface area (Å²) in [5.74, 6) is -0.211. The Bertz CT molecular complexity index is 1010. The minimum atomic E-state index is -4.45. The van der Waals surface area contributed by atoms with E-state index in [1.165, 1.54) is 19.2 Å². The number of nitrogens with zero attached hydrogens (tertiary/aromatic N) is 1. The maximum atomic E-state index is 13.2. The molecule has 1 unspecified atom stereocenters. The van der Waals surface area contributed by atoms with Gasteiger partial charge in [0.05, 0.1) is 24.2 Å². The Morgan fingerprint density at radius 2 is 2.06 bits per heavy atom. The van der Waals surface area contributed by atoms with Gasteiger partial charge in [-0.2, -0.15) is 13.2 Å². The molecule has 0 saturated carbocycles. The average Bonchev–Trinajstić information content (AvgIpc) is 2.72. The number of halogens is 3. The van der Waals surface area contributed by atoms with Crippen LogP contribution in [0.5, 0.6) is 0 Å². The van der Waals surface area contributed by atoms with Crippen molar-refractivity contribution >= 4 is 23.4 Å². The highest BCUT2D eigenvalue weighted by Gasteiger charge is 2.33. The lowest BCUT2D eigenvalue weighted by Crippen LogP contribution is -2.34. The first kappa shape index (κ1) is 23.6. The molecule has 9 heteroatoms. The number of esters is 1. The Morgan fingerprint density at radius 1 is 1.31 bits per heavy atom. The smallest absolute Gasteiger partial charge is 0.416 e. The molecule has 1 saturated heterocycles. The number of ether oxygens (including phenoxy) is 1. The van der Waals surface area contributed by atoms with Gasteiger partial charge in [0, 0.05) is 18.4 Å². The molecule has 1 aliphatic rings. The normalized spacial score (nSPS) is 16.6. The second-order valence-corrected chi connectivity index (χ2v) is 8.20. The summed E-state index contributed by atoms with van der Waals surface area (Å²) in [6.45, 7) is 5.95. The van der Waals surface area contributed by atoms with Crippen molar-refractivity contribution in [1.82, 2.24) is 10.3 Å². The fourth-order valence-electron chi connectivity index (χ4n) is 3.67. The van der Waals surface area contributed by atoms with E-state index in [0.717, 1.165) is 6.07 Å². The maximum absolute atomic E-state index is 13.2. The summed E-state index contributed by atoms with van der Waals surface area (Å²) < 4.78 is 44.5. The van der Waals surface area contributed by atoms with Gasteiger partial charge in [0.25, 0.3) is 5.91 Å². The number of nitrogens with one attached hydrogen (secondary N) is 2. The van der Waals surface area contributed by atoms with E-state index in [4.69, 9.17) is 4.74 Å². The summed E-state index contributed by atoms with van der Waals surface area (Å²) >= 11 is 0. The lowest BCUT2D eigenvalue weighted by atomic mass is 9.97. The van der Waals surface area contributed by atoms with Crippen LogP contribution in [0.1, 0.15) is 59.7 Å². The molecule has 6 nitrogen and oxygen atoms in total. The quantitative estimate of drug-likeness (QED) is 0.610. The highest BCUT2D eigenvalue weighted by atomic mass is 19.4. The summed E-state index contributed by atoms with van der Waals surface area (Å²) in [5, 5.41) is 5.80. The molecule has 0 aliphatic carbocycles. The molecule has 2 heterocycles. The third-order valence-electron chi connectivity index (χ3n) is 5.50. The molecule has 0 bridgehead atoms. The third-order valence-corrected chi connectivity index (χ3v) is 5.50. The van der Waals surface area contributed by atoms with Crippen molar-refractivity contribution in [2.75, 3.05) is 18.5 Å². The molecule has 0 radical (unpaired) electrons. The first-order valence-electron chi connectivity index (χ1n) is 10.4. The zero-order valence-electron chi connectivity index (χ0n) is 18.2. The van der Waals surface area contributed by atoms with Gasteiger partial charge in [0.15, 0.2) is 0 Å². The second kappa shape index (κ2) is 9.58. The number of hydrogen-bond acceptors (Lipinski definition) is 5. The highest BCUT2D eigenvalue weighted by Crippen LogP contribution is 2.35. The molecule has 1 fully saturated rings. The van der Waals surface area contributed by atoms with Gasteiger partial charge in [-0.1, -0.05) is 19.9 Å². The van der Waals surface area contributed by atoms with E-state index in [-0.39, 0.29) is 35.7 Å². The molecule has 2 N–H and O–H groups in total. The number of anilines is 2. The van der Waals surface area contributed by atoms with E-state index in [9.17, 15) is 22.8 Å². The minimum absolute atomic E-state index is 0.0217. The van der Waals surface area contributed by atoms with Gasteiger partial charge < -0.3 is 15.4 Å². The van der Waals surface area contributed by atoms with Crippen molar-refractivity contribution < 1.29 is 27.5 Å². The monoisotopic (exact) mass is 449 g/mol. The van der Waals surface area contributed by atoms with Gasteiger partial charge in [0.1, 0.15) is 5.82 Å². The van der Waals surface area contributed by atoms with Crippen LogP contribution in [-0.4, -0.2) is 30.0 Å². The van der Waals surface area contributed by atoms with Gasteiger partial charge in [0.2, 0.25) is 0 Å². The zero-order chi connectivity index (χ0) is 23.5. The van der Waals surface area contributed by atoms with Crippen molar-refractivity contribution in [3.63, 3.8) is 0 Å². The van der Waals surface area contributed by atoms with Gasteiger partial charge >= 0.3 is 12.1 Å². The number of benzene rings is 1. The van der Waals surface area contributed by atoms with Crippen LogP contribution in [0.3, 0.4) is 0 Å². The molecule has 1 aromatic heterocycles. The van der Waals surface area contributed by atoms with E-state index >= 15 is 0 Å². The molecule has 3 rings (SSSR count). The SMILES string of the molecule is Cc1c(Nc2cc(C(C)C)c(C(=O)NCC3CCOC(=O)C3)cn2)cccc1C(F)(F)F. The van der Waals surface area contributed by atoms with Crippen LogP contribution >= 0.6 is 0 Å². The first-order valence-corrected chi connectivity index (χ1v) is 10.4. The van der Waals surface area contributed by atoms with Gasteiger partial charge in [-0.05, 0) is 54.5 Å². The summed E-state index contributed by atoms with van der Waals surface area (Å²) in [6, 6.07) is 5.60. The molecule has 172 valence electrons. The molecule has 2 aromatic rings. The van der Waals surface area contributed by atoms with Gasteiger partial charge in [-0.3, -0.25) is 9.59 Å². The lowest BCUT2D eigenvalue weighted by Gasteiger charge is -2.22. The maximum Gasteiger partial charge on any atom is 0.416 e. The molecule has 1 atom stereocenters. The van der Waals surface area contributed by atoms with Gasteiger partial charge in [-0.15, -0.1) is 0 Å². The Labute approximate surface area is 184 Å². The summed E-state index contributed by atoms with van der Waals surface area (Å²) in [7, 11) is 0.